The lowest BCUT2D eigenvalue weighted by Crippen LogP contribution is -2.44. The van der Waals surface area contributed by atoms with Crippen molar-refractivity contribution in [1.82, 2.24) is 0 Å². The van der Waals surface area contributed by atoms with Crippen LogP contribution in [0.5, 0.6) is 11.5 Å². The van der Waals surface area contributed by atoms with Crippen molar-refractivity contribution in [2.75, 3.05) is 0 Å². The Hall–Kier alpha value is -4.00. The molecule has 0 bridgehead atoms. The van der Waals surface area contributed by atoms with Crippen LogP contribution < -0.4 is 10.2 Å². The Kier molecular flexibility index (Phi) is 7.63. The number of aliphatic hydroxyl groups is 2. The number of rotatable bonds is 7. The molecular formula is C33H38O7. The number of phenolic OH excluding ortho intramolecular Hbond substituents is 1. The normalized spacial score (nSPS) is 19.7. The average molecular weight is 547 g/mol. The maximum atomic E-state index is 14.3. The van der Waals surface area contributed by atoms with E-state index in [0.717, 1.165) is 24.0 Å². The molecule has 0 radical (unpaired) electrons. The number of hydrogen-bond donors (Lipinski definition) is 3. The van der Waals surface area contributed by atoms with Crippen LogP contribution in [0.4, 0.5) is 0 Å². The maximum absolute atomic E-state index is 14.3. The molecule has 0 amide bonds. The van der Waals surface area contributed by atoms with Gasteiger partial charge in [0.2, 0.25) is 22.7 Å². The summed E-state index contributed by atoms with van der Waals surface area (Å²) in [6.07, 6.45) is 11.2. The zero-order valence-corrected chi connectivity index (χ0v) is 24.3. The molecule has 1 aliphatic carbocycles. The van der Waals surface area contributed by atoms with Gasteiger partial charge < -0.3 is 24.5 Å². The van der Waals surface area contributed by atoms with Crippen LogP contribution in [0.25, 0.3) is 22.8 Å². The Morgan fingerprint density at radius 1 is 0.925 bits per heavy atom. The summed E-state index contributed by atoms with van der Waals surface area (Å²) in [5.41, 5.74) is 0.657. The highest BCUT2D eigenvalue weighted by Crippen LogP contribution is 2.47. The molecule has 1 aliphatic heterocycles. The highest BCUT2D eigenvalue weighted by atomic mass is 16.5. The van der Waals surface area contributed by atoms with Gasteiger partial charge in [0.15, 0.2) is 11.3 Å². The first-order chi connectivity index (χ1) is 18.7. The summed E-state index contributed by atoms with van der Waals surface area (Å²) in [7, 11) is 0. The van der Waals surface area contributed by atoms with Crippen LogP contribution in [-0.4, -0.2) is 26.7 Å². The zero-order valence-electron chi connectivity index (χ0n) is 24.3. The minimum atomic E-state index is -1.55. The first-order valence-electron chi connectivity index (χ1n) is 13.5. The van der Waals surface area contributed by atoms with Crippen molar-refractivity contribution in [1.29, 1.82) is 0 Å². The van der Waals surface area contributed by atoms with E-state index in [-0.39, 0.29) is 40.9 Å². The van der Waals surface area contributed by atoms with Crippen molar-refractivity contribution < 1.29 is 29.3 Å². The van der Waals surface area contributed by atoms with Crippen LogP contribution in [0.2, 0.25) is 0 Å². The predicted octanol–water partition coefficient (Wildman–Crippen LogP) is 7.73. The van der Waals surface area contributed by atoms with Crippen molar-refractivity contribution in [2.45, 2.75) is 85.2 Å². The number of carbonyl (C=O) groups is 1. The smallest absolute Gasteiger partial charge is 0.212 e. The summed E-state index contributed by atoms with van der Waals surface area (Å²) in [6.45, 7) is 13.5. The quantitative estimate of drug-likeness (QED) is 0.304. The van der Waals surface area contributed by atoms with Crippen LogP contribution in [0, 0.1) is 0 Å². The number of fused-ring (bicyclic) bond motifs is 4. The molecule has 0 saturated carbocycles. The Morgan fingerprint density at radius 2 is 1.57 bits per heavy atom. The monoisotopic (exact) mass is 546 g/mol. The standard InChI is InChI=1S/C33H38O7/c1-18(2)9-8-10-20(5)12-16-33(15-11-19(3)4)25-26(35)24-22(34)17-23-21(13-14-32(6,7)40-23)29(24)39-30(25)27(36)28(37)31(33)38/h9,11-14,17,34,36-37H,8,10,15-16H2,1-7H3/b20-12+/t33-/m1/s1. The van der Waals surface area contributed by atoms with Gasteiger partial charge in [-0.05, 0) is 86.3 Å². The third kappa shape index (κ3) is 5.12. The SMILES string of the molecule is CC(C)=CCC/C(C)=C/C[C@@]1(CC=C(C)C)C(=O)C(O)=C(O)c2oc3c4c(cc(O)c3c(=O)c21)OC(C)(C)C=C4. The van der Waals surface area contributed by atoms with E-state index in [4.69, 9.17) is 9.15 Å². The topological polar surface area (TPSA) is 117 Å². The van der Waals surface area contributed by atoms with Gasteiger partial charge in [-0.25, -0.2) is 0 Å². The summed E-state index contributed by atoms with van der Waals surface area (Å²) < 4.78 is 12.1. The molecule has 0 spiro atoms. The second kappa shape index (κ2) is 10.5. The zero-order chi connectivity index (χ0) is 29.6. The van der Waals surface area contributed by atoms with Gasteiger partial charge in [0.1, 0.15) is 22.5 Å². The molecule has 3 N–H and O–H groups in total. The Bertz CT molecular complexity index is 1600. The predicted molar refractivity (Wildman–Crippen MR) is 158 cm³/mol. The third-order valence-corrected chi connectivity index (χ3v) is 7.49. The van der Waals surface area contributed by atoms with Crippen LogP contribution in [0.15, 0.2) is 62.1 Å². The molecule has 7 nitrogen and oxygen atoms in total. The molecular weight excluding hydrogens is 508 g/mol. The first-order valence-corrected chi connectivity index (χ1v) is 13.5. The van der Waals surface area contributed by atoms with Gasteiger partial charge in [0.05, 0.1) is 16.5 Å². The van der Waals surface area contributed by atoms with Gasteiger partial charge in [0, 0.05) is 6.07 Å². The fraction of sp³-hybridized carbons (Fsp3) is 0.394. The van der Waals surface area contributed by atoms with Crippen LogP contribution in [-0.2, 0) is 10.2 Å². The summed E-state index contributed by atoms with van der Waals surface area (Å²) in [5.74, 6) is -2.74. The number of ketones is 1. The van der Waals surface area contributed by atoms with Crippen LogP contribution in [0.1, 0.15) is 91.0 Å². The molecule has 0 saturated heterocycles. The lowest BCUT2D eigenvalue weighted by molar-refractivity contribution is -0.123. The number of phenols is 1. The lowest BCUT2D eigenvalue weighted by atomic mass is 9.67. The van der Waals surface area contributed by atoms with Gasteiger partial charge in [-0.15, -0.1) is 0 Å². The van der Waals surface area contributed by atoms with Gasteiger partial charge in [-0.2, -0.15) is 0 Å². The van der Waals surface area contributed by atoms with Crippen molar-refractivity contribution in [2.24, 2.45) is 0 Å². The second-order valence-electron chi connectivity index (χ2n) is 11.9. The van der Waals surface area contributed by atoms with Gasteiger partial charge >= 0.3 is 0 Å². The van der Waals surface area contributed by atoms with E-state index in [1.807, 2.05) is 60.6 Å². The van der Waals surface area contributed by atoms with E-state index >= 15 is 0 Å². The molecule has 1 aromatic carbocycles. The molecule has 0 unspecified atom stereocenters. The third-order valence-electron chi connectivity index (χ3n) is 7.49. The highest BCUT2D eigenvalue weighted by Gasteiger charge is 2.50. The average Bonchev–Trinajstić information content (AvgIpc) is 2.86. The molecule has 2 heterocycles. The number of aliphatic hydroxyl groups excluding tert-OH is 2. The summed E-state index contributed by atoms with van der Waals surface area (Å²) in [6, 6.07) is 1.37. The Labute approximate surface area is 234 Å². The number of benzene rings is 1. The first kappa shape index (κ1) is 29.0. The fourth-order valence-electron chi connectivity index (χ4n) is 5.23. The van der Waals surface area contributed by atoms with E-state index in [1.165, 1.54) is 11.6 Å². The van der Waals surface area contributed by atoms with E-state index in [1.54, 1.807) is 12.2 Å². The number of hydrogen-bond acceptors (Lipinski definition) is 7. The number of carbonyl (C=O) groups excluding carboxylic acids is 1. The maximum Gasteiger partial charge on any atom is 0.212 e. The van der Waals surface area contributed by atoms with Crippen molar-refractivity contribution >= 4 is 28.6 Å². The summed E-state index contributed by atoms with van der Waals surface area (Å²) >= 11 is 0. The van der Waals surface area contributed by atoms with Gasteiger partial charge in [0.25, 0.3) is 0 Å². The lowest BCUT2D eigenvalue weighted by Gasteiger charge is -2.35. The molecule has 1 atom stereocenters. The minimum absolute atomic E-state index is 0.00348. The molecule has 40 heavy (non-hydrogen) atoms. The van der Waals surface area contributed by atoms with E-state index in [2.05, 4.69) is 6.08 Å². The minimum Gasteiger partial charge on any atom is -0.507 e. The molecule has 2 aliphatic rings. The van der Waals surface area contributed by atoms with Crippen molar-refractivity contribution in [3.63, 3.8) is 0 Å². The second-order valence-corrected chi connectivity index (χ2v) is 11.9. The number of ether oxygens (including phenoxy) is 1. The summed E-state index contributed by atoms with van der Waals surface area (Å²) in [4.78, 5) is 28.1. The highest BCUT2D eigenvalue weighted by molar-refractivity contribution is 6.10. The fourth-order valence-corrected chi connectivity index (χ4v) is 5.23. The van der Waals surface area contributed by atoms with Crippen molar-refractivity contribution in [3.8, 4) is 11.5 Å². The molecule has 2 aromatic rings. The van der Waals surface area contributed by atoms with E-state index < -0.39 is 33.7 Å². The van der Waals surface area contributed by atoms with E-state index in [0.29, 0.717) is 11.3 Å². The van der Waals surface area contributed by atoms with Crippen LogP contribution in [0.3, 0.4) is 0 Å². The largest absolute Gasteiger partial charge is 0.507 e. The van der Waals surface area contributed by atoms with Crippen LogP contribution >= 0.6 is 0 Å². The van der Waals surface area contributed by atoms with E-state index in [9.17, 15) is 24.9 Å². The van der Waals surface area contributed by atoms with Crippen molar-refractivity contribution in [3.05, 3.63) is 80.0 Å². The Balaban J connectivity index is 2.01. The number of allylic oxidation sites excluding steroid dienone is 7. The molecule has 4 rings (SSSR count). The molecule has 1 aromatic heterocycles. The molecule has 0 fully saturated rings. The summed E-state index contributed by atoms with van der Waals surface area (Å²) in [5, 5.41) is 32.7. The number of aromatic hydroxyl groups is 1. The molecule has 7 heteroatoms. The van der Waals surface area contributed by atoms with Gasteiger partial charge in [-0.1, -0.05) is 34.9 Å². The molecule has 212 valence electrons. The van der Waals surface area contributed by atoms with Gasteiger partial charge in [-0.3, -0.25) is 9.59 Å². The number of Topliss-reactive ketones (excluding diaryl/α,β-unsaturated/α-hetero) is 1. The Morgan fingerprint density at radius 3 is 2.23 bits per heavy atom.